The summed E-state index contributed by atoms with van der Waals surface area (Å²) in [7, 11) is 0. The van der Waals surface area contributed by atoms with Crippen LogP contribution >= 0.6 is 11.8 Å². The number of hydrogen-bond acceptors (Lipinski definition) is 5. The third-order valence-electron chi connectivity index (χ3n) is 4.29. The van der Waals surface area contributed by atoms with E-state index >= 15 is 0 Å². The van der Waals surface area contributed by atoms with Crippen LogP contribution in [0.25, 0.3) is 0 Å². The average molecular weight is 368 g/mol. The Balaban J connectivity index is 1.59. The number of rotatable bonds is 5. The molecule has 2 N–H and O–H groups in total. The number of hydrogen-bond donors (Lipinski definition) is 2. The van der Waals surface area contributed by atoms with Crippen molar-refractivity contribution in [1.82, 2.24) is 4.98 Å². The molecule has 7 heteroatoms. The number of benzene rings is 1. The molecule has 0 aliphatic carbocycles. The number of nitriles is 1. The number of amides is 1. The van der Waals surface area contributed by atoms with Crippen molar-refractivity contribution in [2.75, 3.05) is 29.1 Å². The van der Waals surface area contributed by atoms with Crippen LogP contribution in [0.15, 0.2) is 40.2 Å². The average Bonchev–Trinajstić information content (AvgIpc) is 3.15. The van der Waals surface area contributed by atoms with Crippen molar-refractivity contribution in [3.8, 4) is 6.07 Å². The number of pyridine rings is 1. The highest BCUT2D eigenvalue weighted by Crippen LogP contribution is 2.23. The monoisotopic (exact) mass is 368 g/mol. The van der Waals surface area contributed by atoms with E-state index in [0.29, 0.717) is 16.2 Å². The zero-order chi connectivity index (χ0) is 18.5. The van der Waals surface area contributed by atoms with Crippen LogP contribution < -0.4 is 15.8 Å². The summed E-state index contributed by atoms with van der Waals surface area (Å²) in [5.74, 6) is -0.0720. The molecule has 2 heterocycles. The second-order valence-electron chi connectivity index (χ2n) is 6.21. The first-order valence-electron chi connectivity index (χ1n) is 8.48. The number of anilines is 2. The summed E-state index contributed by atoms with van der Waals surface area (Å²) < 4.78 is 0. The number of nitrogens with one attached hydrogen (secondary N) is 2. The minimum absolute atomic E-state index is 0.113. The van der Waals surface area contributed by atoms with Crippen molar-refractivity contribution in [2.24, 2.45) is 0 Å². The second kappa shape index (κ2) is 8.11. The lowest BCUT2D eigenvalue weighted by Crippen LogP contribution is -2.18. The molecular formula is C19H20N4O2S. The number of H-pyrrole nitrogens is 1. The highest BCUT2D eigenvalue weighted by atomic mass is 32.2. The lowest BCUT2D eigenvalue weighted by molar-refractivity contribution is -0.113. The molecule has 3 rings (SSSR count). The Bertz CT molecular complexity index is 893. The zero-order valence-corrected chi connectivity index (χ0v) is 15.4. The lowest BCUT2D eigenvalue weighted by Gasteiger charge is -2.17. The third kappa shape index (κ3) is 4.27. The van der Waals surface area contributed by atoms with E-state index in [1.165, 1.54) is 24.6 Å². The molecule has 0 unspecified atom stereocenters. The van der Waals surface area contributed by atoms with Gasteiger partial charge in [-0.05, 0) is 49.6 Å². The van der Waals surface area contributed by atoms with E-state index in [2.05, 4.69) is 21.3 Å². The van der Waals surface area contributed by atoms with Crippen molar-refractivity contribution in [3.05, 3.63) is 51.8 Å². The minimum atomic E-state index is -0.276. The fourth-order valence-corrected chi connectivity index (χ4v) is 3.84. The van der Waals surface area contributed by atoms with Gasteiger partial charge < -0.3 is 15.2 Å². The van der Waals surface area contributed by atoms with Gasteiger partial charge in [-0.1, -0.05) is 11.8 Å². The number of carbonyl (C=O) groups excluding carboxylic acids is 1. The Morgan fingerprint density at radius 1 is 1.31 bits per heavy atom. The van der Waals surface area contributed by atoms with Crippen LogP contribution in [-0.2, 0) is 4.79 Å². The van der Waals surface area contributed by atoms with E-state index < -0.39 is 0 Å². The van der Waals surface area contributed by atoms with Crippen LogP contribution in [0.4, 0.5) is 11.4 Å². The van der Waals surface area contributed by atoms with Gasteiger partial charge in [-0.15, -0.1) is 0 Å². The van der Waals surface area contributed by atoms with Crippen LogP contribution in [0.5, 0.6) is 0 Å². The molecule has 2 aromatic rings. The minimum Gasteiger partial charge on any atom is -0.372 e. The highest BCUT2D eigenvalue weighted by molar-refractivity contribution is 8.00. The van der Waals surface area contributed by atoms with E-state index in [1.54, 1.807) is 6.92 Å². The van der Waals surface area contributed by atoms with Crippen LogP contribution in [0.1, 0.15) is 24.0 Å². The second-order valence-corrected chi connectivity index (χ2v) is 7.20. The number of thioether (sulfide) groups is 1. The molecule has 1 aromatic carbocycles. The largest absolute Gasteiger partial charge is 0.372 e. The van der Waals surface area contributed by atoms with Gasteiger partial charge in [0.25, 0.3) is 0 Å². The highest BCUT2D eigenvalue weighted by Gasteiger charge is 2.13. The molecule has 1 amide bonds. The van der Waals surface area contributed by atoms with Gasteiger partial charge in [-0.3, -0.25) is 9.59 Å². The fraction of sp³-hybridized carbons (Fsp3) is 0.316. The van der Waals surface area contributed by atoms with E-state index in [0.717, 1.165) is 30.5 Å². The summed E-state index contributed by atoms with van der Waals surface area (Å²) in [5.41, 5.74) is 2.64. The topological polar surface area (TPSA) is 89.0 Å². The maximum atomic E-state index is 12.2. The van der Waals surface area contributed by atoms with Crippen molar-refractivity contribution in [1.29, 1.82) is 5.26 Å². The van der Waals surface area contributed by atoms with Crippen LogP contribution in [0, 0.1) is 18.3 Å². The van der Waals surface area contributed by atoms with Crippen molar-refractivity contribution < 1.29 is 4.79 Å². The van der Waals surface area contributed by atoms with E-state index in [1.807, 2.05) is 24.3 Å². The Labute approximate surface area is 156 Å². The van der Waals surface area contributed by atoms with E-state index in [9.17, 15) is 14.9 Å². The number of carbonyl (C=O) groups is 1. The van der Waals surface area contributed by atoms with Crippen molar-refractivity contribution >= 4 is 29.0 Å². The molecular weight excluding hydrogens is 348 g/mol. The molecule has 1 aliphatic heterocycles. The molecule has 6 nitrogen and oxygen atoms in total. The van der Waals surface area contributed by atoms with Gasteiger partial charge in [0.05, 0.1) is 16.3 Å². The quantitative estimate of drug-likeness (QED) is 0.792. The van der Waals surface area contributed by atoms with Crippen molar-refractivity contribution in [3.63, 3.8) is 0 Å². The smallest absolute Gasteiger partial charge is 0.249 e. The zero-order valence-electron chi connectivity index (χ0n) is 14.5. The predicted octanol–water partition coefficient (Wildman–Crippen LogP) is 2.89. The van der Waals surface area contributed by atoms with Gasteiger partial charge >= 0.3 is 0 Å². The first kappa shape index (κ1) is 18.1. The number of nitrogens with zero attached hydrogens (tertiary/aromatic N) is 2. The maximum Gasteiger partial charge on any atom is 0.249 e. The number of aromatic amines is 1. The fourth-order valence-electron chi connectivity index (χ4n) is 2.97. The van der Waals surface area contributed by atoms with E-state index in [-0.39, 0.29) is 17.2 Å². The summed E-state index contributed by atoms with van der Waals surface area (Å²) in [6.07, 6.45) is 2.45. The van der Waals surface area contributed by atoms with E-state index in [4.69, 9.17) is 0 Å². The summed E-state index contributed by atoms with van der Waals surface area (Å²) in [5, 5.41) is 12.5. The Morgan fingerprint density at radius 3 is 2.65 bits per heavy atom. The predicted molar refractivity (Wildman–Crippen MR) is 104 cm³/mol. The van der Waals surface area contributed by atoms with Crippen molar-refractivity contribution in [2.45, 2.75) is 24.8 Å². The molecule has 1 saturated heterocycles. The Kier molecular flexibility index (Phi) is 5.64. The van der Waals surface area contributed by atoms with Gasteiger partial charge in [0.2, 0.25) is 11.5 Å². The summed E-state index contributed by atoms with van der Waals surface area (Å²) in [6.45, 7) is 3.87. The van der Waals surface area contributed by atoms with Crippen LogP contribution in [-0.4, -0.2) is 29.7 Å². The molecule has 134 valence electrons. The number of aryl methyl sites for hydroxylation is 1. The third-order valence-corrected chi connectivity index (χ3v) is 5.29. The Hall–Kier alpha value is -2.72. The standard InChI is InChI=1S/C19H20N4O2S/c1-13-10-17(24)22-19(16(13)11-20)26-12-18(25)21-14-4-6-15(7-5-14)23-8-2-3-9-23/h4-7,10H,2-3,8-9,12H2,1H3,(H,21,25)(H,22,24). The van der Waals surface area contributed by atoms with Gasteiger partial charge in [0.1, 0.15) is 6.07 Å². The molecule has 0 atom stereocenters. The molecule has 1 aromatic heterocycles. The molecule has 0 saturated carbocycles. The van der Waals surface area contributed by atoms with Crippen LogP contribution in [0.2, 0.25) is 0 Å². The summed E-state index contributed by atoms with van der Waals surface area (Å²) >= 11 is 1.15. The van der Waals surface area contributed by atoms with Gasteiger partial charge in [-0.25, -0.2) is 0 Å². The first-order chi connectivity index (χ1) is 12.6. The van der Waals surface area contributed by atoms with Crippen LogP contribution in [0.3, 0.4) is 0 Å². The maximum absolute atomic E-state index is 12.2. The van der Waals surface area contributed by atoms with Gasteiger partial charge in [-0.2, -0.15) is 5.26 Å². The van der Waals surface area contributed by atoms with Gasteiger partial charge in [0, 0.05) is 30.5 Å². The summed E-state index contributed by atoms with van der Waals surface area (Å²) in [6, 6.07) is 11.3. The first-order valence-corrected chi connectivity index (χ1v) is 9.47. The molecule has 0 spiro atoms. The molecule has 0 radical (unpaired) electrons. The molecule has 26 heavy (non-hydrogen) atoms. The molecule has 0 bridgehead atoms. The SMILES string of the molecule is Cc1cc(=O)[nH]c(SCC(=O)Nc2ccc(N3CCCC3)cc2)c1C#N. The molecule has 1 aliphatic rings. The summed E-state index contributed by atoms with van der Waals surface area (Å²) in [4.78, 5) is 28.7. The molecule has 1 fully saturated rings. The van der Waals surface area contributed by atoms with Gasteiger partial charge in [0.15, 0.2) is 0 Å². The number of aromatic nitrogens is 1. The lowest BCUT2D eigenvalue weighted by atomic mass is 10.2. The normalized spacial score (nSPS) is 13.5. The Morgan fingerprint density at radius 2 is 2.00 bits per heavy atom.